The van der Waals surface area contributed by atoms with E-state index in [9.17, 15) is 15.4 Å². The van der Waals surface area contributed by atoms with Gasteiger partial charge >= 0.3 is 0 Å². The van der Waals surface area contributed by atoms with Gasteiger partial charge in [-0.15, -0.1) is 0 Å². The van der Waals surface area contributed by atoms with Crippen LogP contribution in [0.4, 0.5) is 11.5 Å². The second-order valence-electron chi connectivity index (χ2n) is 7.02. The van der Waals surface area contributed by atoms with Crippen LogP contribution < -0.4 is 10.5 Å². The van der Waals surface area contributed by atoms with Gasteiger partial charge in [0.15, 0.2) is 0 Å². The number of aromatic nitrogens is 1. The molecule has 4 rings (SSSR count). The molecule has 0 aliphatic heterocycles. The van der Waals surface area contributed by atoms with Gasteiger partial charge in [0.1, 0.15) is 29.8 Å². The average molecular weight is 422 g/mol. The summed E-state index contributed by atoms with van der Waals surface area (Å²) in [7, 11) is 0. The Morgan fingerprint density at radius 2 is 1.66 bits per heavy atom. The molecule has 1 aromatic heterocycles. The number of rotatable bonds is 6. The zero-order valence-corrected chi connectivity index (χ0v) is 16.9. The van der Waals surface area contributed by atoms with E-state index in [-0.39, 0.29) is 18.1 Å². The normalized spacial score (nSPS) is 10.3. The van der Waals surface area contributed by atoms with E-state index in [2.05, 4.69) is 11.1 Å². The van der Waals surface area contributed by atoms with Gasteiger partial charge in [0.05, 0.1) is 4.92 Å². The highest BCUT2D eigenvalue weighted by molar-refractivity contribution is 5.89. The first-order chi connectivity index (χ1) is 15.6. The summed E-state index contributed by atoms with van der Waals surface area (Å²) in [6, 6.07) is 25.5. The summed E-state index contributed by atoms with van der Waals surface area (Å²) in [5, 5.41) is 20.5. The highest BCUT2D eigenvalue weighted by Crippen LogP contribution is 2.37. The zero-order valence-electron chi connectivity index (χ0n) is 16.9. The lowest BCUT2D eigenvalue weighted by Gasteiger charge is -2.14. The highest BCUT2D eigenvalue weighted by atomic mass is 16.6. The molecule has 3 aromatic carbocycles. The van der Waals surface area contributed by atoms with Crippen molar-refractivity contribution in [1.82, 2.24) is 4.98 Å². The lowest BCUT2D eigenvalue weighted by molar-refractivity contribution is -0.384. The summed E-state index contributed by atoms with van der Waals surface area (Å²) in [6.07, 6.45) is 1.68. The van der Waals surface area contributed by atoms with Gasteiger partial charge < -0.3 is 10.5 Å². The Kier molecular flexibility index (Phi) is 5.77. The molecule has 2 N–H and O–H groups in total. The molecule has 0 aliphatic carbocycles. The summed E-state index contributed by atoms with van der Waals surface area (Å²) in [5.41, 5.74) is 10.5. The Bertz CT molecular complexity index is 1300. The number of nitrogens with two attached hydrogens (primary N) is 1. The molecule has 4 aromatic rings. The van der Waals surface area contributed by atoms with Crippen LogP contribution in [-0.4, -0.2) is 9.91 Å². The summed E-state index contributed by atoms with van der Waals surface area (Å²) < 4.78 is 5.81. The van der Waals surface area contributed by atoms with E-state index in [1.165, 1.54) is 12.1 Å². The standard InChI is InChI=1S/C25H18N4O3/c26-14-22-24(23(15-28-25(22)27)18-4-2-1-3-5-18)19-8-12-21(13-9-19)32-16-17-6-10-20(11-7-17)29(30)31/h1-13,15H,16H2,(H2,27,28). The maximum atomic E-state index is 10.8. The van der Waals surface area contributed by atoms with E-state index in [1.54, 1.807) is 18.3 Å². The topological polar surface area (TPSA) is 115 Å². The number of hydrogen-bond donors (Lipinski definition) is 1. The summed E-state index contributed by atoms with van der Waals surface area (Å²) in [5.74, 6) is 0.814. The minimum atomic E-state index is -0.436. The fraction of sp³-hybridized carbons (Fsp3) is 0.0400. The van der Waals surface area contributed by atoms with Gasteiger partial charge in [-0.2, -0.15) is 5.26 Å². The monoisotopic (exact) mass is 422 g/mol. The summed E-state index contributed by atoms with van der Waals surface area (Å²) in [6.45, 7) is 0.276. The first-order valence-electron chi connectivity index (χ1n) is 9.77. The number of non-ortho nitro benzene ring substituents is 1. The molecule has 1 heterocycles. The largest absolute Gasteiger partial charge is 0.489 e. The predicted molar refractivity (Wildman–Crippen MR) is 122 cm³/mol. The zero-order chi connectivity index (χ0) is 22.5. The van der Waals surface area contributed by atoms with Gasteiger partial charge in [0.2, 0.25) is 0 Å². The third-order valence-electron chi connectivity index (χ3n) is 5.00. The molecule has 0 spiro atoms. The molecule has 0 saturated heterocycles. The van der Waals surface area contributed by atoms with Crippen molar-refractivity contribution in [2.24, 2.45) is 0 Å². The van der Waals surface area contributed by atoms with Crippen LogP contribution in [0.3, 0.4) is 0 Å². The number of ether oxygens (including phenoxy) is 1. The molecule has 7 nitrogen and oxygen atoms in total. The molecule has 32 heavy (non-hydrogen) atoms. The molecule has 0 atom stereocenters. The number of nitrogen functional groups attached to an aromatic ring is 1. The molecule has 0 radical (unpaired) electrons. The quantitative estimate of drug-likeness (QED) is 0.330. The van der Waals surface area contributed by atoms with Crippen LogP contribution in [0.25, 0.3) is 22.3 Å². The Labute approximate surface area is 184 Å². The van der Waals surface area contributed by atoms with Crippen LogP contribution in [0.2, 0.25) is 0 Å². The smallest absolute Gasteiger partial charge is 0.269 e. The van der Waals surface area contributed by atoms with Crippen molar-refractivity contribution >= 4 is 11.5 Å². The van der Waals surface area contributed by atoms with E-state index in [0.717, 1.165) is 22.3 Å². The summed E-state index contributed by atoms with van der Waals surface area (Å²) >= 11 is 0. The molecule has 7 heteroatoms. The second kappa shape index (κ2) is 8.98. The molecule has 0 fully saturated rings. The molecular formula is C25H18N4O3. The Hall–Kier alpha value is -4.70. The summed E-state index contributed by atoms with van der Waals surface area (Å²) in [4.78, 5) is 14.5. The van der Waals surface area contributed by atoms with Gasteiger partial charge in [-0.25, -0.2) is 4.98 Å². The van der Waals surface area contributed by atoms with E-state index in [4.69, 9.17) is 10.5 Å². The first kappa shape index (κ1) is 20.6. The lowest BCUT2D eigenvalue weighted by atomic mass is 9.92. The molecular weight excluding hydrogens is 404 g/mol. The van der Waals surface area contributed by atoms with Crippen LogP contribution in [0.5, 0.6) is 5.75 Å². The Balaban J connectivity index is 1.61. The van der Waals surface area contributed by atoms with E-state index in [0.29, 0.717) is 16.9 Å². The predicted octanol–water partition coefficient (Wildman–Crippen LogP) is 5.36. The van der Waals surface area contributed by atoms with Crippen molar-refractivity contribution in [3.05, 3.63) is 106 Å². The van der Waals surface area contributed by atoms with Crippen LogP contribution >= 0.6 is 0 Å². The second-order valence-corrected chi connectivity index (χ2v) is 7.02. The van der Waals surface area contributed by atoms with Gasteiger partial charge in [-0.3, -0.25) is 10.1 Å². The van der Waals surface area contributed by atoms with E-state index in [1.807, 2.05) is 54.6 Å². The molecule has 0 amide bonds. The van der Waals surface area contributed by atoms with Crippen molar-refractivity contribution in [2.45, 2.75) is 6.61 Å². The SMILES string of the molecule is N#Cc1c(N)ncc(-c2ccccc2)c1-c1ccc(OCc2ccc([N+](=O)[O-])cc2)cc1. The van der Waals surface area contributed by atoms with Crippen LogP contribution in [0.15, 0.2) is 85.1 Å². The van der Waals surface area contributed by atoms with Gasteiger partial charge in [0, 0.05) is 29.5 Å². The van der Waals surface area contributed by atoms with Crippen molar-refractivity contribution < 1.29 is 9.66 Å². The van der Waals surface area contributed by atoms with Gasteiger partial charge in [-0.05, 0) is 41.0 Å². The molecule has 0 saturated carbocycles. The number of hydrogen-bond acceptors (Lipinski definition) is 6. The number of nitriles is 1. The fourth-order valence-electron chi connectivity index (χ4n) is 3.37. The number of nitro groups is 1. The van der Waals surface area contributed by atoms with Crippen molar-refractivity contribution in [3.63, 3.8) is 0 Å². The van der Waals surface area contributed by atoms with Crippen molar-refractivity contribution in [3.8, 4) is 34.1 Å². The van der Waals surface area contributed by atoms with Crippen molar-refractivity contribution in [1.29, 1.82) is 5.26 Å². The third-order valence-corrected chi connectivity index (χ3v) is 5.00. The van der Waals surface area contributed by atoms with E-state index < -0.39 is 4.92 Å². The van der Waals surface area contributed by atoms with E-state index >= 15 is 0 Å². The van der Waals surface area contributed by atoms with Gasteiger partial charge in [-0.1, -0.05) is 42.5 Å². The number of nitro benzene ring substituents is 1. The minimum absolute atomic E-state index is 0.0391. The number of pyridine rings is 1. The third kappa shape index (κ3) is 4.25. The van der Waals surface area contributed by atoms with Crippen LogP contribution in [-0.2, 0) is 6.61 Å². The number of anilines is 1. The molecule has 0 aliphatic rings. The molecule has 0 unspecified atom stereocenters. The minimum Gasteiger partial charge on any atom is -0.489 e. The number of nitrogens with zero attached hydrogens (tertiary/aromatic N) is 3. The van der Waals surface area contributed by atoms with Crippen LogP contribution in [0, 0.1) is 21.4 Å². The maximum Gasteiger partial charge on any atom is 0.269 e. The van der Waals surface area contributed by atoms with Crippen molar-refractivity contribution in [2.75, 3.05) is 5.73 Å². The maximum absolute atomic E-state index is 10.8. The lowest BCUT2D eigenvalue weighted by Crippen LogP contribution is -2.00. The average Bonchev–Trinajstić information content (AvgIpc) is 2.83. The van der Waals surface area contributed by atoms with Gasteiger partial charge in [0.25, 0.3) is 5.69 Å². The fourth-order valence-corrected chi connectivity index (χ4v) is 3.37. The Morgan fingerprint density at radius 1 is 0.969 bits per heavy atom. The van der Waals surface area contributed by atoms with Crippen LogP contribution in [0.1, 0.15) is 11.1 Å². The molecule has 0 bridgehead atoms. The Morgan fingerprint density at radius 3 is 2.28 bits per heavy atom. The highest BCUT2D eigenvalue weighted by Gasteiger charge is 2.16. The number of benzene rings is 3. The first-order valence-corrected chi connectivity index (χ1v) is 9.77. The molecule has 156 valence electrons.